The molecule has 5 aromatic rings. The summed E-state index contributed by atoms with van der Waals surface area (Å²) in [6, 6.07) is 27.0. The van der Waals surface area contributed by atoms with Crippen molar-refractivity contribution in [1.29, 1.82) is 0 Å². The molecule has 0 heterocycles. The first-order valence-electron chi connectivity index (χ1n) is 21.1. The molecular formula is C50H47BrN2O15. The second-order valence-corrected chi connectivity index (χ2v) is 15.5. The van der Waals surface area contributed by atoms with Crippen LogP contribution in [0.2, 0.25) is 0 Å². The minimum absolute atomic E-state index is 0.151. The van der Waals surface area contributed by atoms with Gasteiger partial charge in [-0.2, -0.15) is 0 Å². The summed E-state index contributed by atoms with van der Waals surface area (Å²) in [6.45, 7) is 4.24. The van der Waals surface area contributed by atoms with Crippen LogP contribution in [0.1, 0.15) is 70.7 Å². The van der Waals surface area contributed by atoms with Gasteiger partial charge in [-0.1, -0.05) is 84.9 Å². The van der Waals surface area contributed by atoms with Gasteiger partial charge in [0.05, 0.1) is 17.7 Å². The van der Waals surface area contributed by atoms with Crippen LogP contribution in [-0.4, -0.2) is 88.1 Å². The number of phenols is 1. The van der Waals surface area contributed by atoms with Gasteiger partial charge >= 0.3 is 36.3 Å². The second-order valence-electron chi connectivity index (χ2n) is 14.7. The zero-order valence-corrected chi connectivity index (χ0v) is 39.0. The molecule has 5 aromatic carbocycles. The minimum Gasteiger partial charge on any atom is -0.507 e. The monoisotopic (exact) mass is 994 g/mol. The van der Waals surface area contributed by atoms with Crippen molar-refractivity contribution in [2.75, 3.05) is 13.2 Å². The second kappa shape index (κ2) is 24.6. The van der Waals surface area contributed by atoms with Crippen LogP contribution in [-0.2, 0) is 54.6 Å². The van der Waals surface area contributed by atoms with E-state index in [0.717, 1.165) is 12.1 Å². The smallest absolute Gasteiger partial charge is 0.420 e. The van der Waals surface area contributed by atoms with Gasteiger partial charge < -0.3 is 33.5 Å². The van der Waals surface area contributed by atoms with Crippen molar-refractivity contribution >= 4 is 63.8 Å². The van der Waals surface area contributed by atoms with Gasteiger partial charge in [0.15, 0.2) is 11.6 Å². The normalized spacial score (nSPS) is 11.5. The Hall–Kier alpha value is -7.86. The number of carbonyl (C=O) groups is 8. The number of hydrogen-bond donors (Lipinski definition) is 1. The van der Waals surface area contributed by atoms with Crippen LogP contribution in [0.3, 0.4) is 0 Å². The van der Waals surface area contributed by atoms with E-state index in [1.165, 1.54) is 76.2 Å². The zero-order chi connectivity index (χ0) is 49.3. The van der Waals surface area contributed by atoms with Gasteiger partial charge in [0.1, 0.15) is 42.5 Å². The van der Waals surface area contributed by atoms with E-state index < -0.39 is 89.7 Å². The molecule has 5 rings (SSSR count). The van der Waals surface area contributed by atoms with E-state index in [0.29, 0.717) is 32.1 Å². The molecule has 0 aliphatic carbocycles. The van der Waals surface area contributed by atoms with Gasteiger partial charge in [0, 0.05) is 37.8 Å². The molecule has 0 radical (unpaired) electrons. The van der Waals surface area contributed by atoms with Crippen LogP contribution >= 0.6 is 15.9 Å². The van der Waals surface area contributed by atoms with Crippen LogP contribution in [0.25, 0.3) is 0 Å². The van der Waals surface area contributed by atoms with Crippen molar-refractivity contribution in [3.8, 4) is 17.2 Å². The molecule has 0 aliphatic heterocycles. The van der Waals surface area contributed by atoms with Crippen molar-refractivity contribution in [2.45, 2.75) is 65.8 Å². The fourth-order valence-electron chi connectivity index (χ4n) is 6.75. The number of amides is 4. The summed E-state index contributed by atoms with van der Waals surface area (Å²) in [5, 5.41) is 11.1. The lowest BCUT2D eigenvalue weighted by Gasteiger charge is -2.30. The van der Waals surface area contributed by atoms with Crippen LogP contribution in [0.4, 0.5) is 19.2 Å². The first-order chi connectivity index (χ1) is 32.6. The summed E-state index contributed by atoms with van der Waals surface area (Å²) >= 11 is 3.25. The van der Waals surface area contributed by atoms with E-state index in [-0.39, 0.29) is 42.4 Å². The molecule has 0 fully saturated rings. The Kier molecular flexibility index (Phi) is 18.5. The third-order valence-electron chi connectivity index (χ3n) is 9.82. The van der Waals surface area contributed by atoms with E-state index in [9.17, 15) is 33.9 Å². The number of esters is 2. The molecule has 68 heavy (non-hydrogen) atoms. The third-order valence-corrected chi connectivity index (χ3v) is 10.6. The van der Waals surface area contributed by atoms with Gasteiger partial charge in [0.2, 0.25) is 0 Å². The number of Topliss-reactive ketones (excluding diaryl/α,β-unsaturated/α-hetero) is 2. The molecule has 1 N–H and O–H groups in total. The molecule has 0 unspecified atom stereocenters. The van der Waals surface area contributed by atoms with Gasteiger partial charge in [-0.15, -0.1) is 0 Å². The standard InChI is InChI=1S/C50H47BrN2O15/c1-5-63-47(59)52(49(61)65-29-35-13-9-7-10-14-35)40(27-33-17-21-37(22-18-33)67-31(3)54)45(57)39-25-26-42(56)44(51)43(39)46(58)41(28-34-19-23-38(24-20-34)68-32(4)55)53(48(60)64-6-2)50(62)66-30-36-15-11-8-12-16-36/h7-26,40-41,56H,5-6,27-30H2,1-4H3/t40-,41-/m0/s1. The summed E-state index contributed by atoms with van der Waals surface area (Å²) in [5.74, 6) is -3.60. The molecule has 0 aromatic heterocycles. The van der Waals surface area contributed by atoms with Crippen molar-refractivity contribution in [3.63, 3.8) is 0 Å². The average molecular weight is 996 g/mol. The Morgan fingerprint density at radius 3 is 1.26 bits per heavy atom. The summed E-state index contributed by atoms with van der Waals surface area (Å²) in [4.78, 5) is 111. The van der Waals surface area contributed by atoms with Crippen molar-refractivity contribution < 1.29 is 71.9 Å². The van der Waals surface area contributed by atoms with Crippen LogP contribution in [0.5, 0.6) is 17.2 Å². The number of rotatable bonds is 18. The maximum Gasteiger partial charge on any atom is 0.420 e. The Morgan fingerprint density at radius 2 is 0.882 bits per heavy atom. The number of phenolic OH excluding ortho intramolecular Hbond substituents is 1. The molecule has 0 saturated heterocycles. The molecule has 18 heteroatoms. The summed E-state index contributed by atoms with van der Waals surface area (Å²) in [6.07, 6.45) is -6.06. The summed E-state index contributed by atoms with van der Waals surface area (Å²) < 4.78 is 31.7. The highest BCUT2D eigenvalue weighted by Crippen LogP contribution is 2.35. The molecular weight excluding hydrogens is 948 g/mol. The average Bonchev–Trinajstić information content (AvgIpc) is 3.31. The molecule has 354 valence electrons. The summed E-state index contributed by atoms with van der Waals surface area (Å²) in [5.41, 5.74) is 0.682. The van der Waals surface area contributed by atoms with Gasteiger partial charge in [0.25, 0.3) is 0 Å². The lowest BCUT2D eigenvalue weighted by atomic mass is 9.88. The third kappa shape index (κ3) is 13.8. The SMILES string of the molecule is CCOC(=O)N(C(=O)OCc1ccccc1)[C@@H](Cc1ccc(OC(C)=O)cc1)C(=O)c1ccc(O)c(Br)c1C(=O)[C@H](Cc1ccc(OC(C)=O)cc1)N(C(=O)OCC)C(=O)OCc1ccccc1. The number of ether oxygens (including phenoxy) is 6. The number of halogens is 1. The Balaban J connectivity index is 1.68. The number of ketones is 2. The van der Waals surface area contributed by atoms with Crippen molar-refractivity contribution in [2.24, 2.45) is 0 Å². The van der Waals surface area contributed by atoms with Crippen LogP contribution in [0.15, 0.2) is 126 Å². The number of imide groups is 2. The zero-order valence-electron chi connectivity index (χ0n) is 37.4. The molecule has 17 nitrogen and oxygen atoms in total. The number of carbonyl (C=O) groups excluding carboxylic acids is 8. The molecule has 0 aliphatic rings. The quantitative estimate of drug-likeness (QED) is 0.0374. The van der Waals surface area contributed by atoms with Crippen LogP contribution < -0.4 is 9.47 Å². The van der Waals surface area contributed by atoms with Gasteiger partial charge in [-0.25, -0.2) is 29.0 Å². The highest BCUT2D eigenvalue weighted by molar-refractivity contribution is 9.10. The molecule has 0 saturated carbocycles. The van der Waals surface area contributed by atoms with E-state index >= 15 is 9.59 Å². The number of hydrogen-bond acceptors (Lipinski definition) is 15. The Morgan fingerprint density at radius 1 is 0.500 bits per heavy atom. The minimum atomic E-state index is -1.88. The fourth-order valence-corrected chi connectivity index (χ4v) is 7.29. The van der Waals surface area contributed by atoms with E-state index in [1.807, 2.05) is 0 Å². The van der Waals surface area contributed by atoms with E-state index in [2.05, 4.69) is 15.9 Å². The lowest BCUT2D eigenvalue weighted by molar-refractivity contribution is -0.132. The Bertz CT molecular complexity index is 2610. The first kappa shape index (κ1) is 51.1. The first-order valence-corrected chi connectivity index (χ1v) is 21.9. The van der Waals surface area contributed by atoms with Gasteiger partial charge in [-0.3, -0.25) is 19.2 Å². The highest BCUT2D eigenvalue weighted by atomic mass is 79.9. The molecule has 0 bridgehead atoms. The molecule has 2 atom stereocenters. The number of benzene rings is 5. The molecule has 4 amide bonds. The number of aromatic hydroxyl groups is 1. The van der Waals surface area contributed by atoms with E-state index in [1.54, 1.807) is 60.7 Å². The molecule has 0 spiro atoms. The fraction of sp³-hybridized carbons (Fsp3) is 0.240. The maximum absolute atomic E-state index is 15.4. The van der Waals surface area contributed by atoms with Gasteiger partial charge in [-0.05, 0) is 88.4 Å². The van der Waals surface area contributed by atoms with E-state index in [4.69, 9.17) is 28.4 Å². The Labute approximate surface area is 399 Å². The predicted octanol–water partition coefficient (Wildman–Crippen LogP) is 9.18. The topological polar surface area (TPSA) is 219 Å². The summed E-state index contributed by atoms with van der Waals surface area (Å²) in [7, 11) is 0. The van der Waals surface area contributed by atoms with Crippen LogP contribution in [0, 0.1) is 0 Å². The maximum atomic E-state index is 15.4. The highest BCUT2D eigenvalue weighted by Gasteiger charge is 2.43. The van der Waals surface area contributed by atoms with Crippen molar-refractivity contribution in [1.82, 2.24) is 9.80 Å². The predicted molar refractivity (Wildman–Crippen MR) is 246 cm³/mol. The largest absolute Gasteiger partial charge is 0.507 e. The van der Waals surface area contributed by atoms with Crippen molar-refractivity contribution in [3.05, 3.63) is 159 Å². The number of nitrogens with zero attached hydrogens (tertiary/aromatic N) is 2. The lowest BCUT2D eigenvalue weighted by Crippen LogP contribution is -2.52.